The van der Waals surface area contributed by atoms with Gasteiger partial charge in [0.25, 0.3) is 0 Å². The summed E-state index contributed by atoms with van der Waals surface area (Å²) in [6.07, 6.45) is 0.114. The number of nitrogens with one attached hydrogen (secondary N) is 2. The standard InChI is InChI=1S/C17H32N4O2/c1-13(2)10-21-6-7-23-15(11-21)8-19-9-16(22)20-17(5,12-18)14(3)4/h13-15,19H,6-11H2,1-5H3,(H,20,22)/t15-,17-/m1/s1. The van der Waals surface area contributed by atoms with Crippen molar-refractivity contribution in [3.63, 3.8) is 0 Å². The van der Waals surface area contributed by atoms with Gasteiger partial charge in [-0.15, -0.1) is 0 Å². The normalized spacial score (nSPS) is 21.9. The molecule has 0 aliphatic carbocycles. The molecule has 0 aromatic rings. The average molecular weight is 324 g/mol. The van der Waals surface area contributed by atoms with Crippen molar-refractivity contribution in [3.05, 3.63) is 0 Å². The molecule has 0 spiro atoms. The van der Waals surface area contributed by atoms with Gasteiger partial charge in [0.15, 0.2) is 0 Å². The van der Waals surface area contributed by atoms with Gasteiger partial charge in [0.05, 0.1) is 25.3 Å². The van der Waals surface area contributed by atoms with Crippen LogP contribution in [0.2, 0.25) is 0 Å². The first-order valence-corrected chi connectivity index (χ1v) is 8.53. The van der Waals surface area contributed by atoms with Gasteiger partial charge < -0.3 is 15.4 Å². The molecule has 132 valence electrons. The van der Waals surface area contributed by atoms with Crippen LogP contribution in [0.15, 0.2) is 0 Å². The Kier molecular flexibility index (Phi) is 7.97. The fourth-order valence-electron chi connectivity index (χ4n) is 2.57. The molecule has 1 saturated heterocycles. The molecule has 0 bridgehead atoms. The monoisotopic (exact) mass is 324 g/mol. The Morgan fingerprint density at radius 2 is 2.13 bits per heavy atom. The molecule has 23 heavy (non-hydrogen) atoms. The molecule has 6 nitrogen and oxygen atoms in total. The summed E-state index contributed by atoms with van der Waals surface area (Å²) < 4.78 is 5.74. The lowest BCUT2D eigenvalue weighted by molar-refractivity contribution is -0.122. The first-order chi connectivity index (χ1) is 10.8. The maximum atomic E-state index is 12.0. The average Bonchev–Trinajstić information content (AvgIpc) is 2.46. The van der Waals surface area contributed by atoms with Crippen molar-refractivity contribution in [1.29, 1.82) is 5.26 Å². The van der Waals surface area contributed by atoms with Gasteiger partial charge in [0, 0.05) is 26.2 Å². The lowest BCUT2D eigenvalue weighted by Crippen LogP contribution is -2.52. The molecule has 1 aliphatic heterocycles. The van der Waals surface area contributed by atoms with E-state index in [-0.39, 0.29) is 24.5 Å². The van der Waals surface area contributed by atoms with Crippen LogP contribution in [-0.4, -0.2) is 61.8 Å². The second-order valence-corrected chi connectivity index (χ2v) is 7.29. The number of nitriles is 1. The number of hydrogen-bond donors (Lipinski definition) is 2. The van der Waals surface area contributed by atoms with E-state index in [2.05, 4.69) is 35.5 Å². The SMILES string of the molecule is CC(C)CN1CCO[C@H](CNCC(=O)N[C@](C)(C#N)C(C)C)C1. The summed E-state index contributed by atoms with van der Waals surface area (Å²) in [4.78, 5) is 14.4. The highest BCUT2D eigenvalue weighted by Crippen LogP contribution is 2.14. The van der Waals surface area contributed by atoms with E-state index in [1.807, 2.05) is 13.8 Å². The molecule has 1 rings (SSSR count). The minimum Gasteiger partial charge on any atom is -0.374 e. The first kappa shape index (κ1) is 19.9. The summed E-state index contributed by atoms with van der Waals surface area (Å²) in [6, 6.07) is 2.18. The summed E-state index contributed by atoms with van der Waals surface area (Å²) in [5.41, 5.74) is -0.825. The Hall–Kier alpha value is -1.16. The van der Waals surface area contributed by atoms with Crippen LogP contribution in [0.3, 0.4) is 0 Å². The van der Waals surface area contributed by atoms with Crippen LogP contribution in [0.4, 0.5) is 0 Å². The molecule has 0 saturated carbocycles. The van der Waals surface area contributed by atoms with E-state index >= 15 is 0 Å². The minimum absolute atomic E-state index is 0.0581. The van der Waals surface area contributed by atoms with E-state index < -0.39 is 5.54 Å². The molecule has 1 amide bonds. The van der Waals surface area contributed by atoms with Crippen molar-refractivity contribution >= 4 is 5.91 Å². The van der Waals surface area contributed by atoms with Crippen LogP contribution in [-0.2, 0) is 9.53 Å². The summed E-state index contributed by atoms with van der Waals surface area (Å²) in [6.45, 7) is 14.6. The van der Waals surface area contributed by atoms with Crippen molar-refractivity contribution < 1.29 is 9.53 Å². The number of nitrogens with zero attached hydrogens (tertiary/aromatic N) is 2. The van der Waals surface area contributed by atoms with Gasteiger partial charge in [0.1, 0.15) is 5.54 Å². The summed E-state index contributed by atoms with van der Waals surface area (Å²) >= 11 is 0. The third kappa shape index (κ3) is 6.86. The highest BCUT2D eigenvalue weighted by atomic mass is 16.5. The highest BCUT2D eigenvalue weighted by molar-refractivity contribution is 5.79. The summed E-state index contributed by atoms with van der Waals surface area (Å²) in [5, 5.41) is 15.2. The molecule has 2 N–H and O–H groups in total. The lowest BCUT2D eigenvalue weighted by Gasteiger charge is -2.34. The van der Waals surface area contributed by atoms with E-state index in [1.165, 1.54) is 0 Å². The smallest absolute Gasteiger partial charge is 0.235 e. The maximum Gasteiger partial charge on any atom is 0.235 e. The van der Waals surface area contributed by atoms with Gasteiger partial charge in [-0.25, -0.2) is 0 Å². The topological polar surface area (TPSA) is 77.4 Å². The third-order valence-corrected chi connectivity index (χ3v) is 4.29. The number of carbonyl (C=O) groups is 1. The van der Waals surface area contributed by atoms with Crippen molar-refractivity contribution in [2.75, 3.05) is 39.3 Å². The zero-order chi connectivity index (χ0) is 17.5. The zero-order valence-corrected chi connectivity index (χ0v) is 15.2. The van der Waals surface area contributed by atoms with Crippen LogP contribution in [0.1, 0.15) is 34.6 Å². The zero-order valence-electron chi connectivity index (χ0n) is 15.2. The quantitative estimate of drug-likeness (QED) is 0.696. The van der Waals surface area contributed by atoms with Crippen LogP contribution >= 0.6 is 0 Å². The summed E-state index contributed by atoms with van der Waals surface area (Å²) in [7, 11) is 0. The first-order valence-electron chi connectivity index (χ1n) is 8.53. The largest absolute Gasteiger partial charge is 0.374 e. The Labute approximate surface area is 140 Å². The predicted octanol–water partition coefficient (Wildman–Crippen LogP) is 0.987. The molecule has 0 aromatic heterocycles. The molecule has 0 unspecified atom stereocenters. The van der Waals surface area contributed by atoms with Gasteiger partial charge in [0.2, 0.25) is 5.91 Å². The van der Waals surface area contributed by atoms with E-state index in [4.69, 9.17) is 4.74 Å². The Balaban J connectivity index is 2.31. The highest BCUT2D eigenvalue weighted by Gasteiger charge is 2.29. The lowest BCUT2D eigenvalue weighted by atomic mass is 9.90. The van der Waals surface area contributed by atoms with Crippen molar-refractivity contribution in [2.45, 2.75) is 46.3 Å². The van der Waals surface area contributed by atoms with Crippen molar-refractivity contribution in [2.24, 2.45) is 11.8 Å². The molecule has 0 aromatic carbocycles. The number of ether oxygens (including phenoxy) is 1. The number of carbonyl (C=O) groups excluding carboxylic acids is 1. The molecule has 6 heteroatoms. The number of rotatable bonds is 8. The van der Waals surface area contributed by atoms with Crippen molar-refractivity contribution in [3.8, 4) is 6.07 Å². The summed E-state index contributed by atoms with van der Waals surface area (Å²) in [5.74, 6) is 0.549. The molecule has 1 aliphatic rings. The number of morpholine rings is 1. The second kappa shape index (κ2) is 9.21. The van der Waals surface area contributed by atoms with Gasteiger partial charge in [-0.05, 0) is 18.8 Å². The van der Waals surface area contributed by atoms with Crippen LogP contribution in [0.5, 0.6) is 0 Å². The van der Waals surface area contributed by atoms with Gasteiger partial charge in [-0.3, -0.25) is 9.69 Å². The second-order valence-electron chi connectivity index (χ2n) is 7.29. The third-order valence-electron chi connectivity index (χ3n) is 4.29. The Morgan fingerprint density at radius 3 is 2.70 bits per heavy atom. The van der Waals surface area contributed by atoms with Gasteiger partial charge in [-0.1, -0.05) is 27.7 Å². The Morgan fingerprint density at radius 1 is 1.43 bits per heavy atom. The van der Waals surface area contributed by atoms with E-state index in [0.717, 1.165) is 26.2 Å². The maximum absolute atomic E-state index is 12.0. The van der Waals surface area contributed by atoms with E-state index in [0.29, 0.717) is 12.5 Å². The van der Waals surface area contributed by atoms with Crippen molar-refractivity contribution in [1.82, 2.24) is 15.5 Å². The number of hydrogen-bond acceptors (Lipinski definition) is 5. The fraction of sp³-hybridized carbons (Fsp3) is 0.882. The molecule has 0 radical (unpaired) electrons. The molecular formula is C17H32N4O2. The van der Waals surface area contributed by atoms with E-state index in [1.54, 1.807) is 6.92 Å². The molecular weight excluding hydrogens is 292 g/mol. The molecule has 1 heterocycles. The van der Waals surface area contributed by atoms with Crippen LogP contribution < -0.4 is 10.6 Å². The Bertz CT molecular complexity index is 419. The van der Waals surface area contributed by atoms with Gasteiger partial charge >= 0.3 is 0 Å². The molecule has 2 atom stereocenters. The molecule has 1 fully saturated rings. The van der Waals surface area contributed by atoms with Crippen LogP contribution in [0.25, 0.3) is 0 Å². The van der Waals surface area contributed by atoms with Gasteiger partial charge in [-0.2, -0.15) is 5.26 Å². The van der Waals surface area contributed by atoms with E-state index in [9.17, 15) is 10.1 Å². The predicted molar refractivity (Wildman–Crippen MR) is 90.9 cm³/mol. The fourth-order valence-corrected chi connectivity index (χ4v) is 2.57. The number of amides is 1. The van der Waals surface area contributed by atoms with Crippen LogP contribution in [0, 0.1) is 23.2 Å². The minimum atomic E-state index is -0.825.